The molecule has 0 fully saturated rings. The Kier molecular flexibility index (Phi) is 5.56. The first-order valence-electron chi connectivity index (χ1n) is 8.07. The number of rotatable bonds is 4. The number of benzene rings is 3. The minimum absolute atomic E-state index is 0. The molecule has 3 aromatic carbocycles. The standard InChI is InChI=1S/C21H16N4.ClH/c1-3-9-16(10-4-1)21(17-11-5-2-6-12-17)25-22-15-20-23-18-13-7-8-14-19(18)24-20;/h1-15H,(H,23,24);1H. The molecule has 0 aliphatic rings. The molecule has 26 heavy (non-hydrogen) atoms. The van der Waals surface area contributed by atoms with E-state index >= 15 is 0 Å². The highest BCUT2D eigenvalue weighted by Crippen LogP contribution is 2.12. The van der Waals surface area contributed by atoms with E-state index in [1.807, 2.05) is 84.9 Å². The average molecular weight is 361 g/mol. The minimum Gasteiger partial charge on any atom is -0.337 e. The summed E-state index contributed by atoms with van der Waals surface area (Å²) in [7, 11) is 0. The smallest absolute Gasteiger partial charge is 0.151 e. The lowest BCUT2D eigenvalue weighted by Crippen LogP contribution is -2.02. The number of imidazole rings is 1. The molecule has 1 N–H and O–H groups in total. The first kappa shape index (κ1) is 17.6. The Balaban J connectivity index is 0.00000196. The topological polar surface area (TPSA) is 53.4 Å². The third kappa shape index (κ3) is 3.87. The summed E-state index contributed by atoms with van der Waals surface area (Å²) in [6, 6.07) is 28.0. The number of fused-ring (bicyclic) bond motifs is 1. The lowest BCUT2D eigenvalue weighted by molar-refractivity contribution is 1.21. The van der Waals surface area contributed by atoms with Crippen LogP contribution in [0.5, 0.6) is 0 Å². The van der Waals surface area contributed by atoms with E-state index < -0.39 is 0 Å². The minimum atomic E-state index is 0. The van der Waals surface area contributed by atoms with Gasteiger partial charge >= 0.3 is 0 Å². The molecular formula is C21H17ClN4. The number of aromatic nitrogens is 2. The molecule has 4 rings (SSSR count). The van der Waals surface area contributed by atoms with Crippen LogP contribution in [0.15, 0.2) is 95.1 Å². The number of para-hydroxylation sites is 2. The van der Waals surface area contributed by atoms with Crippen molar-refractivity contribution in [3.8, 4) is 0 Å². The summed E-state index contributed by atoms with van der Waals surface area (Å²) in [6.07, 6.45) is 1.64. The van der Waals surface area contributed by atoms with E-state index in [9.17, 15) is 0 Å². The summed E-state index contributed by atoms with van der Waals surface area (Å²) in [4.78, 5) is 7.70. The lowest BCUT2D eigenvalue weighted by atomic mass is 10.0. The van der Waals surface area contributed by atoms with Crippen molar-refractivity contribution in [1.29, 1.82) is 0 Å². The second kappa shape index (κ2) is 8.23. The van der Waals surface area contributed by atoms with Crippen LogP contribution in [-0.4, -0.2) is 21.9 Å². The van der Waals surface area contributed by atoms with Crippen molar-refractivity contribution in [3.05, 3.63) is 102 Å². The third-order valence-electron chi connectivity index (χ3n) is 3.84. The van der Waals surface area contributed by atoms with Gasteiger partial charge in [0.15, 0.2) is 5.82 Å². The molecule has 1 heterocycles. The van der Waals surface area contributed by atoms with Gasteiger partial charge in [-0.25, -0.2) is 4.98 Å². The fourth-order valence-electron chi connectivity index (χ4n) is 2.65. The molecule has 0 bridgehead atoms. The summed E-state index contributed by atoms with van der Waals surface area (Å²) in [6.45, 7) is 0. The maximum absolute atomic E-state index is 4.48. The lowest BCUT2D eigenvalue weighted by Gasteiger charge is -2.04. The highest BCUT2D eigenvalue weighted by Gasteiger charge is 2.06. The van der Waals surface area contributed by atoms with Gasteiger partial charge in [0, 0.05) is 11.1 Å². The second-order valence-electron chi connectivity index (χ2n) is 5.56. The van der Waals surface area contributed by atoms with Crippen molar-refractivity contribution in [3.63, 3.8) is 0 Å². The van der Waals surface area contributed by atoms with Gasteiger partial charge in [0.1, 0.15) is 5.71 Å². The number of halogens is 1. The molecular weight excluding hydrogens is 344 g/mol. The van der Waals surface area contributed by atoms with Gasteiger partial charge in [-0.2, -0.15) is 5.10 Å². The Morgan fingerprint density at radius 1 is 0.769 bits per heavy atom. The quantitative estimate of drug-likeness (QED) is 0.410. The predicted octanol–water partition coefficient (Wildman–Crippen LogP) is 4.86. The van der Waals surface area contributed by atoms with Crippen LogP contribution in [0.1, 0.15) is 17.0 Å². The van der Waals surface area contributed by atoms with Gasteiger partial charge in [0.05, 0.1) is 17.2 Å². The molecule has 0 unspecified atom stereocenters. The Hall–Kier alpha value is -3.24. The Morgan fingerprint density at radius 2 is 1.35 bits per heavy atom. The first-order chi connectivity index (χ1) is 12.4. The molecule has 0 aliphatic heterocycles. The molecule has 0 saturated carbocycles. The van der Waals surface area contributed by atoms with Crippen molar-refractivity contribution in [2.24, 2.45) is 10.2 Å². The number of H-pyrrole nitrogens is 1. The molecule has 0 aliphatic carbocycles. The molecule has 0 radical (unpaired) electrons. The SMILES string of the molecule is C(=NN=C(c1ccccc1)c1ccccc1)c1nc2ccccc2[nH]1.Cl. The molecule has 0 saturated heterocycles. The van der Waals surface area contributed by atoms with Gasteiger partial charge < -0.3 is 4.98 Å². The van der Waals surface area contributed by atoms with E-state index in [2.05, 4.69) is 20.2 Å². The van der Waals surface area contributed by atoms with Crippen molar-refractivity contribution < 1.29 is 0 Å². The Morgan fingerprint density at radius 3 is 1.96 bits per heavy atom. The molecule has 5 heteroatoms. The van der Waals surface area contributed by atoms with E-state index in [1.54, 1.807) is 6.21 Å². The molecule has 0 spiro atoms. The van der Waals surface area contributed by atoms with Gasteiger partial charge in [-0.1, -0.05) is 72.8 Å². The molecule has 4 aromatic rings. The van der Waals surface area contributed by atoms with E-state index in [4.69, 9.17) is 0 Å². The largest absolute Gasteiger partial charge is 0.337 e. The number of hydrogen-bond acceptors (Lipinski definition) is 3. The van der Waals surface area contributed by atoms with Gasteiger partial charge in [-0.05, 0) is 12.1 Å². The number of nitrogens with zero attached hydrogens (tertiary/aromatic N) is 3. The second-order valence-corrected chi connectivity index (χ2v) is 5.56. The number of hydrogen-bond donors (Lipinski definition) is 1. The zero-order valence-electron chi connectivity index (χ0n) is 13.9. The summed E-state index contributed by atoms with van der Waals surface area (Å²) >= 11 is 0. The maximum atomic E-state index is 4.48. The number of nitrogens with one attached hydrogen (secondary N) is 1. The van der Waals surface area contributed by atoms with Gasteiger partial charge in [-0.15, -0.1) is 17.5 Å². The predicted molar refractivity (Wildman–Crippen MR) is 109 cm³/mol. The summed E-state index contributed by atoms with van der Waals surface area (Å²) in [5.74, 6) is 0.686. The molecule has 128 valence electrons. The van der Waals surface area contributed by atoms with Crippen LogP contribution in [0.3, 0.4) is 0 Å². The molecule has 4 nitrogen and oxygen atoms in total. The monoisotopic (exact) mass is 360 g/mol. The zero-order valence-corrected chi connectivity index (χ0v) is 14.7. The summed E-state index contributed by atoms with van der Waals surface area (Å²) in [5, 5.41) is 8.71. The highest BCUT2D eigenvalue weighted by molar-refractivity contribution is 6.12. The fraction of sp³-hybridized carbons (Fsp3) is 0. The highest BCUT2D eigenvalue weighted by atomic mass is 35.5. The van der Waals surface area contributed by atoms with Crippen LogP contribution in [0.25, 0.3) is 11.0 Å². The maximum Gasteiger partial charge on any atom is 0.151 e. The Labute approximate surface area is 157 Å². The molecule has 1 aromatic heterocycles. The van der Waals surface area contributed by atoms with Crippen LogP contribution >= 0.6 is 12.4 Å². The zero-order chi connectivity index (χ0) is 16.9. The molecule has 0 atom stereocenters. The van der Waals surface area contributed by atoms with Gasteiger partial charge in [0.2, 0.25) is 0 Å². The van der Waals surface area contributed by atoms with E-state index in [1.165, 1.54) is 0 Å². The van der Waals surface area contributed by atoms with Crippen molar-refractivity contribution in [2.75, 3.05) is 0 Å². The Bertz CT molecular complexity index is 963. The van der Waals surface area contributed by atoms with Crippen LogP contribution < -0.4 is 0 Å². The van der Waals surface area contributed by atoms with Crippen LogP contribution in [0.2, 0.25) is 0 Å². The van der Waals surface area contributed by atoms with E-state index in [-0.39, 0.29) is 12.4 Å². The summed E-state index contributed by atoms with van der Waals surface area (Å²) < 4.78 is 0. The van der Waals surface area contributed by atoms with Crippen molar-refractivity contribution in [1.82, 2.24) is 9.97 Å². The van der Waals surface area contributed by atoms with Gasteiger partial charge in [0.25, 0.3) is 0 Å². The average Bonchev–Trinajstić information content (AvgIpc) is 3.09. The first-order valence-corrected chi connectivity index (χ1v) is 8.07. The van der Waals surface area contributed by atoms with Crippen LogP contribution in [0, 0.1) is 0 Å². The fourth-order valence-corrected chi connectivity index (χ4v) is 2.65. The number of aromatic amines is 1. The van der Waals surface area contributed by atoms with Crippen LogP contribution in [-0.2, 0) is 0 Å². The van der Waals surface area contributed by atoms with Gasteiger partial charge in [-0.3, -0.25) is 0 Å². The molecule has 0 amide bonds. The third-order valence-corrected chi connectivity index (χ3v) is 3.84. The van der Waals surface area contributed by atoms with Crippen molar-refractivity contribution >= 4 is 35.4 Å². The van der Waals surface area contributed by atoms with Crippen molar-refractivity contribution in [2.45, 2.75) is 0 Å². The normalized spacial score (nSPS) is 10.6. The van der Waals surface area contributed by atoms with Crippen LogP contribution in [0.4, 0.5) is 0 Å². The van der Waals surface area contributed by atoms with E-state index in [0.29, 0.717) is 5.82 Å². The van der Waals surface area contributed by atoms with E-state index in [0.717, 1.165) is 27.9 Å². The summed E-state index contributed by atoms with van der Waals surface area (Å²) in [5.41, 5.74) is 4.78.